The van der Waals surface area contributed by atoms with Crippen molar-refractivity contribution >= 4 is 17.6 Å². The Bertz CT molecular complexity index is 899. The molecule has 0 saturated heterocycles. The molecule has 0 amide bonds. The number of fused-ring (bicyclic) bond motifs is 2. The van der Waals surface area contributed by atoms with E-state index in [0.29, 0.717) is 17.5 Å². The number of aromatic hydroxyl groups is 3. The molecule has 4 rings (SSSR count). The van der Waals surface area contributed by atoms with Gasteiger partial charge in [-0.3, -0.25) is 4.99 Å². The Morgan fingerprint density at radius 1 is 1.12 bits per heavy atom. The second-order valence-corrected chi connectivity index (χ2v) is 7.82. The van der Waals surface area contributed by atoms with E-state index < -0.39 is 0 Å². The van der Waals surface area contributed by atoms with Gasteiger partial charge in [0.25, 0.3) is 0 Å². The van der Waals surface area contributed by atoms with Gasteiger partial charge < -0.3 is 15.3 Å². The molecule has 0 spiro atoms. The first-order chi connectivity index (χ1) is 12.0. The van der Waals surface area contributed by atoms with Crippen LogP contribution in [0.2, 0.25) is 0 Å². The minimum atomic E-state index is -0.360. The third-order valence-electron chi connectivity index (χ3n) is 5.26. The fourth-order valence-corrected chi connectivity index (χ4v) is 4.79. The van der Waals surface area contributed by atoms with Gasteiger partial charge in [-0.05, 0) is 44.1 Å². The van der Waals surface area contributed by atoms with Gasteiger partial charge in [0.1, 0.15) is 5.75 Å². The van der Waals surface area contributed by atoms with Crippen LogP contribution < -0.4 is 4.80 Å². The molecule has 0 radical (unpaired) electrons. The number of nitrogens with zero attached hydrogens (tertiary/aromatic N) is 3. The van der Waals surface area contributed by atoms with Crippen LogP contribution in [0.25, 0.3) is 0 Å². The summed E-state index contributed by atoms with van der Waals surface area (Å²) < 4.78 is 1.76. The van der Waals surface area contributed by atoms with Crippen molar-refractivity contribution in [3.05, 3.63) is 33.6 Å². The number of hydrogen-bond acceptors (Lipinski definition) is 6. The van der Waals surface area contributed by atoms with E-state index in [1.165, 1.54) is 38.0 Å². The Hall–Kier alpha value is -2.28. The molecule has 2 aromatic rings. The first kappa shape index (κ1) is 16.2. The first-order valence-electron chi connectivity index (χ1n) is 8.51. The standard InChI is InChI=1S/C18H21N3O3S/c1-10-9-25-18(20-14-5-11-2-3-12(14)4-11)21(10)19-8-13-6-16(23)17(24)7-15(13)22/h6-9,11-12,14,22-24H,2-5H2,1H3/b19-8+,20-18-. The van der Waals surface area contributed by atoms with Gasteiger partial charge in [0.15, 0.2) is 11.5 Å². The van der Waals surface area contributed by atoms with E-state index in [4.69, 9.17) is 4.99 Å². The van der Waals surface area contributed by atoms with Gasteiger partial charge in [-0.1, -0.05) is 6.42 Å². The summed E-state index contributed by atoms with van der Waals surface area (Å²) >= 11 is 1.57. The molecule has 1 aromatic heterocycles. The van der Waals surface area contributed by atoms with E-state index in [9.17, 15) is 15.3 Å². The molecule has 2 aliphatic carbocycles. The van der Waals surface area contributed by atoms with Crippen molar-refractivity contribution in [3.63, 3.8) is 0 Å². The summed E-state index contributed by atoms with van der Waals surface area (Å²) in [7, 11) is 0. The fourth-order valence-electron chi connectivity index (χ4n) is 3.93. The lowest BCUT2D eigenvalue weighted by Crippen LogP contribution is -2.21. The van der Waals surface area contributed by atoms with Crippen LogP contribution in [0.5, 0.6) is 17.2 Å². The van der Waals surface area contributed by atoms with E-state index in [1.54, 1.807) is 16.0 Å². The normalized spacial score (nSPS) is 26.1. The number of hydrogen-bond donors (Lipinski definition) is 3. The van der Waals surface area contributed by atoms with E-state index in [-0.39, 0.29) is 17.2 Å². The Balaban J connectivity index is 1.65. The van der Waals surface area contributed by atoms with Crippen LogP contribution in [0.4, 0.5) is 0 Å². The smallest absolute Gasteiger partial charge is 0.206 e. The largest absolute Gasteiger partial charge is 0.507 e. The zero-order chi connectivity index (χ0) is 17.6. The number of phenolic OH excluding ortho intramolecular Hbond substituents is 3. The van der Waals surface area contributed by atoms with Gasteiger partial charge in [-0.25, -0.2) is 4.68 Å². The molecule has 3 atom stereocenters. The molecule has 1 aromatic carbocycles. The third-order valence-corrected chi connectivity index (χ3v) is 6.21. The molecule has 3 N–H and O–H groups in total. The van der Waals surface area contributed by atoms with E-state index in [0.717, 1.165) is 22.5 Å². The highest BCUT2D eigenvalue weighted by molar-refractivity contribution is 7.07. The molecule has 2 saturated carbocycles. The van der Waals surface area contributed by atoms with Crippen LogP contribution in [-0.4, -0.2) is 32.3 Å². The van der Waals surface area contributed by atoms with Gasteiger partial charge in [0.2, 0.25) is 4.80 Å². The van der Waals surface area contributed by atoms with Crippen molar-refractivity contribution in [1.82, 2.24) is 4.68 Å². The average Bonchev–Trinajstić information content (AvgIpc) is 3.27. The number of phenols is 3. The molecule has 0 aliphatic heterocycles. The van der Waals surface area contributed by atoms with Crippen molar-refractivity contribution < 1.29 is 15.3 Å². The van der Waals surface area contributed by atoms with Crippen LogP contribution in [0.3, 0.4) is 0 Å². The molecule has 132 valence electrons. The number of benzene rings is 1. The van der Waals surface area contributed by atoms with Crippen molar-refractivity contribution in [2.45, 2.75) is 38.6 Å². The minimum absolute atomic E-state index is 0.140. The molecule has 2 aliphatic rings. The fraction of sp³-hybridized carbons (Fsp3) is 0.444. The summed E-state index contributed by atoms with van der Waals surface area (Å²) in [5, 5.41) is 35.3. The summed E-state index contributed by atoms with van der Waals surface area (Å²) in [6.07, 6.45) is 6.59. The van der Waals surface area contributed by atoms with Crippen LogP contribution in [0.1, 0.15) is 36.9 Å². The topological polar surface area (TPSA) is 90.3 Å². The zero-order valence-electron chi connectivity index (χ0n) is 14.0. The van der Waals surface area contributed by atoms with Gasteiger partial charge in [-0.15, -0.1) is 11.3 Å². The first-order valence-corrected chi connectivity index (χ1v) is 9.39. The lowest BCUT2D eigenvalue weighted by molar-refractivity contribution is 0.396. The van der Waals surface area contributed by atoms with Crippen LogP contribution >= 0.6 is 11.3 Å². The zero-order valence-corrected chi connectivity index (χ0v) is 14.8. The Morgan fingerprint density at radius 3 is 2.64 bits per heavy atom. The molecule has 3 unspecified atom stereocenters. The average molecular weight is 359 g/mol. The second-order valence-electron chi connectivity index (χ2n) is 6.99. The highest BCUT2D eigenvalue weighted by Crippen LogP contribution is 2.45. The molecular weight excluding hydrogens is 338 g/mol. The summed E-state index contributed by atoms with van der Waals surface area (Å²) in [5.41, 5.74) is 1.30. The molecule has 7 heteroatoms. The number of aromatic nitrogens is 1. The van der Waals surface area contributed by atoms with E-state index >= 15 is 0 Å². The Kier molecular flexibility index (Phi) is 4.03. The van der Waals surface area contributed by atoms with Crippen molar-refractivity contribution in [2.24, 2.45) is 21.9 Å². The van der Waals surface area contributed by atoms with Crippen molar-refractivity contribution in [3.8, 4) is 17.2 Å². The molecular formula is C18H21N3O3S. The van der Waals surface area contributed by atoms with Crippen molar-refractivity contribution in [2.75, 3.05) is 0 Å². The third kappa shape index (κ3) is 3.04. The molecule has 1 heterocycles. The maximum absolute atomic E-state index is 9.89. The molecule has 6 nitrogen and oxygen atoms in total. The summed E-state index contributed by atoms with van der Waals surface area (Å²) in [5.74, 6) is 0.759. The number of rotatable bonds is 3. The quantitative estimate of drug-likeness (QED) is 0.447. The Labute approximate surface area is 149 Å². The maximum atomic E-state index is 9.89. The van der Waals surface area contributed by atoms with Gasteiger partial charge in [0.05, 0.1) is 18.0 Å². The SMILES string of the molecule is Cc1cs/c(=N\C2CC3CCC2C3)n1/N=C/c1cc(O)c(O)cc1O. The minimum Gasteiger partial charge on any atom is -0.507 e. The maximum Gasteiger partial charge on any atom is 0.206 e. The van der Waals surface area contributed by atoms with Gasteiger partial charge in [0, 0.05) is 17.0 Å². The van der Waals surface area contributed by atoms with Crippen molar-refractivity contribution in [1.29, 1.82) is 0 Å². The molecule has 2 fully saturated rings. The van der Waals surface area contributed by atoms with Crippen LogP contribution in [0, 0.1) is 18.8 Å². The van der Waals surface area contributed by atoms with E-state index in [2.05, 4.69) is 5.10 Å². The number of thiazole rings is 1. The lowest BCUT2D eigenvalue weighted by Gasteiger charge is -2.16. The highest BCUT2D eigenvalue weighted by Gasteiger charge is 2.39. The van der Waals surface area contributed by atoms with Gasteiger partial charge >= 0.3 is 0 Å². The second kappa shape index (κ2) is 6.22. The molecule has 25 heavy (non-hydrogen) atoms. The summed E-state index contributed by atoms with van der Waals surface area (Å²) in [4.78, 5) is 5.80. The summed E-state index contributed by atoms with van der Waals surface area (Å²) in [6.45, 7) is 1.96. The van der Waals surface area contributed by atoms with Gasteiger partial charge in [-0.2, -0.15) is 5.10 Å². The number of aryl methyl sites for hydroxylation is 1. The predicted octanol–water partition coefficient (Wildman–Crippen LogP) is 2.95. The lowest BCUT2D eigenvalue weighted by atomic mass is 9.96. The molecule has 2 bridgehead atoms. The van der Waals surface area contributed by atoms with Crippen LogP contribution in [-0.2, 0) is 0 Å². The predicted molar refractivity (Wildman–Crippen MR) is 96.3 cm³/mol. The summed E-state index contributed by atoms with van der Waals surface area (Å²) in [6, 6.07) is 2.77. The van der Waals surface area contributed by atoms with E-state index in [1.807, 2.05) is 12.3 Å². The monoisotopic (exact) mass is 359 g/mol. The highest BCUT2D eigenvalue weighted by atomic mass is 32.1. The van der Waals surface area contributed by atoms with Crippen LogP contribution in [0.15, 0.2) is 27.6 Å². The Morgan fingerprint density at radius 2 is 1.92 bits per heavy atom.